The first-order valence-corrected chi connectivity index (χ1v) is 7.99. The van der Waals surface area contributed by atoms with E-state index in [9.17, 15) is 0 Å². The van der Waals surface area contributed by atoms with Gasteiger partial charge in [-0.2, -0.15) is 0 Å². The lowest BCUT2D eigenvalue weighted by molar-refractivity contribution is 0.0850. The van der Waals surface area contributed by atoms with Crippen LogP contribution in [0.5, 0.6) is 0 Å². The van der Waals surface area contributed by atoms with Crippen LogP contribution in [0.2, 0.25) is 25.2 Å². The Morgan fingerprint density at radius 3 is 2.38 bits per heavy atom. The van der Waals surface area contributed by atoms with Gasteiger partial charge in [0.05, 0.1) is 0 Å². The predicted molar refractivity (Wildman–Crippen MR) is 37.8 cm³/mol. The van der Waals surface area contributed by atoms with Crippen LogP contribution in [0.15, 0.2) is 0 Å². The Labute approximate surface area is 53.2 Å². The van der Waals surface area contributed by atoms with E-state index < -0.39 is 9.28 Å². The van der Waals surface area contributed by atoms with Crippen molar-refractivity contribution in [3.05, 3.63) is 0 Å². The summed E-state index contributed by atoms with van der Waals surface area (Å²) in [5.41, 5.74) is 0. The van der Waals surface area contributed by atoms with Crippen LogP contribution in [0, 0.1) is 0 Å². The van der Waals surface area contributed by atoms with E-state index in [0.29, 0.717) is 0 Å². The highest BCUT2D eigenvalue weighted by atomic mass is 28.3. The van der Waals surface area contributed by atoms with E-state index in [1.54, 1.807) is 0 Å². The van der Waals surface area contributed by atoms with Crippen LogP contribution < -0.4 is 0 Å². The fourth-order valence-electron chi connectivity index (χ4n) is 0.605. The lowest BCUT2D eigenvalue weighted by atomic mass is 10.9. The van der Waals surface area contributed by atoms with Crippen molar-refractivity contribution >= 4 is 18.1 Å². The van der Waals surface area contributed by atoms with Crippen molar-refractivity contribution in [2.75, 3.05) is 0 Å². The van der Waals surface area contributed by atoms with E-state index in [-0.39, 0.29) is 8.80 Å². The first-order chi connectivity index (χ1) is 3.79. The third-order valence-corrected chi connectivity index (χ3v) is 4.64. The molecule has 48 valence electrons. The summed E-state index contributed by atoms with van der Waals surface area (Å²) in [6.07, 6.45) is 0. The Bertz CT molecular complexity index is 70.4. The maximum Gasteiger partial charge on any atom is 0.392 e. The quantitative estimate of drug-likeness (QED) is 0.334. The van der Waals surface area contributed by atoms with E-state index in [1.165, 1.54) is 12.1 Å². The molecule has 0 spiro atoms. The third-order valence-electron chi connectivity index (χ3n) is 1.21. The van der Waals surface area contributed by atoms with E-state index in [0.717, 1.165) is 0 Å². The molecule has 0 saturated carbocycles. The summed E-state index contributed by atoms with van der Waals surface area (Å²) in [6.45, 7) is 4.72. The Morgan fingerprint density at radius 2 is 2.00 bits per heavy atom. The molecule has 0 N–H and O–H groups in total. The molecule has 4 heteroatoms. The summed E-state index contributed by atoms with van der Waals surface area (Å²) in [7, 11) is -1.25. The van der Waals surface area contributed by atoms with Crippen LogP contribution in [0.25, 0.3) is 0 Å². The molecule has 1 heterocycles. The zero-order chi connectivity index (χ0) is 5.98. The Kier molecular flexibility index (Phi) is 2.24. The average molecular weight is 148 g/mol. The number of hydrogen-bond acceptors (Lipinski definition) is 2. The zero-order valence-electron chi connectivity index (χ0n) is 5.39. The molecule has 8 heavy (non-hydrogen) atoms. The minimum Gasteiger partial charge on any atom is -0.261 e. The first kappa shape index (κ1) is 6.47. The van der Waals surface area contributed by atoms with E-state index in [4.69, 9.17) is 9.15 Å². The standard InChI is InChI=1S/C4H12O2Si2/c1-7(2)3-4-8-5-6-8/h7-8H,3-4H2,1-2H3. The minimum atomic E-state index is -0.942. The Hall–Kier alpha value is 0.354. The zero-order valence-corrected chi connectivity index (χ0v) is 7.69. The van der Waals surface area contributed by atoms with Crippen LogP contribution in [-0.2, 0) is 9.15 Å². The smallest absolute Gasteiger partial charge is 0.261 e. The van der Waals surface area contributed by atoms with Gasteiger partial charge in [-0.25, -0.2) is 0 Å². The summed E-state index contributed by atoms with van der Waals surface area (Å²) in [5, 5.41) is 0. The molecular formula is C4H12O2Si2. The van der Waals surface area contributed by atoms with E-state index >= 15 is 0 Å². The minimum absolute atomic E-state index is 0.312. The van der Waals surface area contributed by atoms with Gasteiger partial charge in [0.25, 0.3) is 0 Å². The van der Waals surface area contributed by atoms with E-state index in [1.807, 2.05) is 0 Å². The van der Waals surface area contributed by atoms with Crippen LogP contribution in [-0.4, -0.2) is 18.1 Å². The van der Waals surface area contributed by atoms with Crippen LogP contribution in [0.4, 0.5) is 0 Å². The highest BCUT2D eigenvalue weighted by Crippen LogP contribution is 2.15. The Morgan fingerprint density at radius 1 is 1.38 bits per heavy atom. The topological polar surface area (TPSA) is 25.1 Å². The molecule has 1 aliphatic heterocycles. The molecule has 1 saturated heterocycles. The van der Waals surface area contributed by atoms with Gasteiger partial charge in [0.2, 0.25) is 0 Å². The Balaban J connectivity index is 1.87. The largest absolute Gasteiger partial charge is 0.392 e. The van der Waals surface area contributed by atoms with Crippen LogP contribution in [0.3, 0.4) is 0 Å². The second kappa shape index (κ2) is 2.77. The van der Waals surface area contributed by atoms with Crippen LogP contribution in [0.1, 0.15) is 0 Å². The SMILES string of the molecule is C[SiH](C)CC[SiH]1OO1. The molecule has 0 atom stereocenters. The fourth-order valence-corrected chi connectivity index (χ4v) is 4.87. The van der Waals surface area contributed by atoms with E-state index in [2.05, 4.69) is 13.1 Å². The lowest BCUT2D eigenvalue weighted by Crippen LogP contribution is -2.01. The lowest BCUT2D eigenvalue weighted by Gasteiger charge is -1.94. The molecule has 0 aromatic heterocycles. The average Bonchev–Trinajstić information content (AvgIpc) is 2.41. The molecule has 0 bridgehead atoms. The van der Waals surface area contributed by atoms with Gasteiger partial charge in [-0.1, -0.05) is 19.1 Å². The summed E-state index contributed by atoms with van der Waals surface area (Å²) < 4.78 is 9.44. The highest BCUT2D eigenvalue weighted by molar-refractivity contribution is 6.59. The monoisotopic (exact) mass is 148 g/mol. The third kappa shape index (κ3) is 2.61. The summed E-state index contributed by atoms with van der Waals surface area (Å²) in [5.74, 6) is 0. The molecule has 2 nitrogen and oxygen atoms in total. The van der Waals surface area contributed by atoms with Crippen molar-refractivity contribution < 1.29 is 9.15 Å². The second-order valence-electron chi connectivity index (χ2n) is 2.59. The van der Waals surface area contributed by atoms with Crippen molar-refractivity contribution in [3.63, 3.8) is 0 Å². The normalized spacial score (nSPS) is 19.9. The molecule has 1 fully saturated rings. The fraction of sp³-hybridized carbons (Fsp3) is 1.00. The highest BCUT2D eigenvalue weighted by Gasteiger charge is 2.29. The summed E-state index contributed by atoms with van der Waals surface area (Å²) in [6, 6.07) is 2.65. The van der Waals surface area contributed by atoms with Gasteiger partial charge in [-0.15, -0.1) is 0 Å². The molecule has 1 aliphatic rings. The van der Waals surface area contributed by atoms with Gasteiger partial charge in [0, 0.05) is 8.80 Å². The molecule has 0 aromatic rings. The molecule has 0 radical (unpaired) electrons. The van der Waals surface area contributed by atoms with Gasteiger partial charge in [-0.3, -0.25) is 9.15 Å². The van der Waals surface area contributed by atoms with Gasteiger partial charge < -0.3 is 0 Å². The molecule has 0 amide bonds. The molecular weight excluding hydrogens is 136 g/mol. The molecule has 0 aromatic carbocycles. The maximum atomic E-state index is 4.72. The van der Waals surface area contributed by atoms with Crippen molar-refractivity contribution in [2.45, 2.75) is 25.2 Å². The van der Waals surface area contributed by atoms with Gasteiger partial charge in [0.1, 0.15) is 0 Å². The number of rotatable bonds is 3. The summed E-state index contributed by atoms with van der Waals surface area (Å²) in [4.78, 5) is 0. The second-order valence-corrected chi connectivity index (χ2v) is 7.78. The van der Waals surface area contributed by atoms with Gasteiger partial charge in [0.15, 0.2) is 0 Å². The van der Waals surface area contributed by atoms with Gasteiger partial charge in [-0.05, 0) is 6.04 Å². The number of hydrogen-bond donors (Lipinski definition) is 0. The maximum absolute atomic E-state index is 4.72. The molecule has 1 rings (SSSR count). The van der Waals surface area contributed by atoms with Crippen molar-refractivity contribution in [3.8, 4) is 0 Å². The van der Waals surface area contributed by atoms with Crippen molar-refractivity contribution in [2.24, 2.45) is 0 Å². The van der Waals surface area contributed by atoms with Crippen LogP contribution >= 0.6 is 0 Å². The molecule has 0 aliphatic carbocycles. The predicted octanol–water partition coefficient (Wildman–Crippen LogP) is 0.655. The van der Waals surface area contributed by atoms with Gasteiger partial charge >= 0.3 is 9.28 Å². The summed E-state index contributed by atoms with van der Waals surface area (Å²) >= 11 is 0. The molecule has 0 unspecified atom stereocenters. The van der Waals surface area contributed by atoms with Crippen molar-refractivity contribution in [1.82, 2.24) is 0 Å². The first-order valence-electron chi connectivity index (χ1n) is 3.11. The van der Waals surface area contributed by atoms with Crippen molar-refractivity contribution in [1.29, 1.82) is 0 Å².